The molecule has 0 N–H and O–H groups in total. The summed E-state index contributed by atoms with van der Waals surface area (Å²) in [6, 6.07) is 5.16. The molecule has 8 heteroatoms. The fourth-order valence-corrected chi connectivity index (χ4v) is 2.86. The summed E-state index contributed by atoms with van der Waals surface area (Å²) in [6.07, 6.45) is 2.32. The van der Waals surface area contributed by atoms with Gasteiger partial charge in [0.15, 0.2) is 5.69 Å². The van der Waals surface area contributed by atoms with Gasteiger partial charge in [-0.05, 0) is 18.6 Å². The first-order valence-corrected chi connectivity index (χ1v) is 7.54. The van der Waals surface area contributed by atoms with Crippen LogP contribution < -0.4 is 0 Å². The van der Waals surface area contributed by atoms with Crippen molar-refractivity contribution in [3.05, 3.63) is 40.1 Å². The fraction of sp³-hybridized carbons (Fsp3) is 0.357. The third-order valence-electron chi connectivity index (χ3n) is 3.69. The van der Waals surface area contributed by atoms with Crippen molar-refractivity contribution in [1.82, 2.24) is 19.9 Å². The Hall–Kier alpha value is -1.63. The number of benzene rings is 1. The summed E-state index contributed by atoms with van der Waals surface area (Å²) < 4.78 is 6.70. The van der Waals surface area contributed by atoms with E-state index in [1.165, 1.54) is 10.9 Å². The summed E-state index contributed by atoms with van der Waals surface area (Å²) in [4.78, 5) is 14.4. The van der Waals surface area contributed by atoms with E-state index in [0.717, 1.165) is 6.42 Å². The van der Waals surface area contributed by atoms with E-state index in [1.54, 1.807) is 30.2 Å². The van der Waals surface area contributed by atoms with Crippen molar-refractivity contribution in [2.45, 2.75) is 12.5 Å². The Labute approximate surface area is 137 Å². The van der Waals surface area contributed by atoms with Gasteiger partial charge in [-0.3, -0.25) is 4.79 Å². The van der Waals surface area contributed by atoms with Gasteiger partial charge in [0, 0.05) is 20.2 Å². The van der Waals surface area contributed by atoms with Crippen molar-refractivity contribution < 1.29 is 9.53 Å². The highest BCUT2D eigenvalue weighted by Gasteiger charge is 2.29. The number of carbonyl (C=O) groups excluding carboxylic acids is 1. The third-order valence-corrected chi connectivity index (χ3v) is 4.50. The SMILES string of the molecule is CO[C@H]1CCN(C(=O)c2cnnn2-c2cccc(Cl)c2Cl)C1. The van der Waals surface area contributed by atoms with E-state index in [0.29, 0.717) is 34.5 Å². The van der Waals surface area contributed by atoms with E-state index >= 15 is 0 Å². The molecule has 1 aromatic carbocycles. The monoisotopic (exact) mass is 340 g/mol. The zero-order valence-electron chi connectivity index (χ0n) is 11.9. The van der Waals surface area contributed by atoms with Crippen LogP contribution in [0.4, 0.5) is 0 Å². The molecule has 22 heavy (non-hydrogen) atoms. The van der Waals surface area contributed by atoms with Crippen LogP contribution in [0.15, 0.2) is 24.4 Å². The van der Waals surface area contributed by atoms with Gasteiger partial charge in [0.05, 0.1) is 28.0 Å². The molecule has 0 spiro atoms. The van der Waals surface area contributed by atoms with Gasteiger partial charge in [-0.15, -0.1) is 5.10 Å². The number of ether oxygens (including phenoxy) is 1. The summed E-state index contributed by atoms with van der Waals surface area (Å²) in [7, 11) is 1.65. The quantitative estimate of drug-likeness (QED) is 0.860. The lowest BCUT2D eigenvalue weighted by atomic mass is 10.3. The molecule has 2 aromatic rings. The number of halogens is 2. The summed E-state index contributed by atoms with van der Waals surface area (Å²) in [6.45, 7) is 1.20. The van der Waals surface area contributed by atoms with Gasteiger partial charge in [-0.2, -0.15) is 0 Å². The largest absolute Gasteiger partial charge is 0.380 e. The average molecular weight is 341 g/mol. The highest BCUT2D eigenvalue weighted by atomic mass is 35.5. The molecule has 0 bridgehead atoms. The van der Waals surface area contributed by atoms with E-state index in [2.05, 4.69) is 10.3 Å². The molecule has 1 aromatic heterocycles. The van der Waals surface area contributed by atoms with Crippen LogP contribution in [0.5, 0.6) is 0 Å². The van der Waals surface area contributed by atoms with Crippen LogP contribution in [0.3, 0.4) is 0 Å². The topological polar surface area (TPSA) is 60.2 Å². The Balaban J connectivity index is 1.92. The molecule has 2 heterocycles. The third kappa shape index (κ3) is 2.69. The maximum absolute atomic E-state index is 12.7. The van der Waals surface area contributed by atoms with Crippen molar-refractivity contribution in [2.24, 2.45) is 0 Å². The first-order chi connectivity index (χ1) is 10.6. The molecule has 1 aliphatic heterocycles. The predicted octanol–water partition coefficient (Wildman–Crippen LogP) is 2.44. The minimum absolute atomic E-state index is 0.0723. The lowest BCUT2D eigenvalue weighted by Crippen LogP contribution is -2.31. The zero-order valence-corrected chi connectivity index (χ0v) is 13.4. The lowest BCUT2D eigenvalue weighted by Gasteiger charge is -2.16. The number of hydrogen-bond acceptors (Lipinski definition) is 4. The number of nitrogens with zero attached hydrogens (tertiary/aromatic N) is 4. The minimum atomic E-state index is -0.152. The number of amides is 1. The van der Waals surface area contributed by atoms with Crippen molar-refractivity contribution >= 4 is 29.1 Å². The molecule has 3 rings (SSSR count). The highest BCUT2D eigenvalue weighted by Crippen LogP contribution is 2.29. The summed E-state index contributed by atoms with van der Waals surface area (Å²) in [5.41, 5.74) is 0.874. The highest BCUT2D eigenvalue weighted by molar-refractivity contribution is 6.43. The molecule has 1 aliphatic rings. The molecule has 1 fully saturated rings. The first-order valence-electron chi connectivity index (χ1n) is 6.79. The number of rotatable bonds is 3. The first kappa shape index (κ1) is 15.3. The van der Waals surface area contributed by atoms with E-state index < -0.39 is 0 Å². The molecular weight excluding hydrogens is 327 g/mol. The van der Waals surface area contributed by atoms with Crippen LogP contribution in [0, 0.1) is 0 Å². The second kappa shape index (κ2) is 6.24. The van der Waals surface area contributed by atoms with Gasteiger partial charge >= 0.3 is 0 Å². The van der Waals surface area contributed by atoms with Crippen LogP contribution in [-0.4, -0.2) is 52.1 Å². The lowest BCUT2D eigenvalue weighted by molar-refractivity contribution is 0.0716. The molecular formula is C14H14Cl2N4O2. The number of carbonyl (C=O) groups is 1. The van der Waals surface area contributed by atoms with Gasteiger partial charge in [-0.25, -0.2) is 4.68 Å². The maximum Gasteiger partial charge on any atom is 0.274 e. The van der Waals surface area contributed by atoms with Gasteiger partial charge in [-0.1, -0.05) is 34.5 Å². The van der Waals surface area contributed by atoms with Crippen molar-refractivity contribution in [3.63, 3.8) is 0 Å². The molecule has 6 nitrogen and oxygen atoms in total. The van der Waals surface area contributed by atoms with Crippen LogP contribution in [0.1, 0.15) is 16.9 Å². The summed E-state index contributed by atoms with van der Waals surface area (Å²) in [5, 5.41) is 8.53. The number of hydrogen-bond donors (Lipinski definition) is 0. The molecule has 116 valence electrons. The Morgan fingerprint density at radius 2 is 2.23 bits per heavy atom. The normalized spacial score (nSPS) is 18.0. The number of likely N-dealkylation sites (tertiary alicyclic amines) is 1. The van der Waals surface area contributed by atoms with E-state index in [4.69, 9.17) is 27.9 Å². The van der Waals surface area contributed by atoms with Crippen LogP contribution in [0.25, 0.3) is 5.69 Å². The molecule has 0 saturated carbocycles. The Kier molecular flexibility index (Phi) is 4.33. The molecule has 0 aliphatic carbocycles. The summed E-state index contributed by atoms with van der Waals surface area (Å²) in [5.74, 6) is -0.152. The zero-order chi connectivity index (χ0) is 15.7. The molecule has 1 amide bonds. The standard InChI is InChI=1S/C14H14Cl2N4O2/c1-22-9-5-6-19(8-9)14(21)12-7-17-18-20(12)11-4-2-3-10(15)13(11)16/h2-4,7,9H,5-6,8H2,1H3/t9-/m0/s1. The second-order valence-corrected chi connectivity index (χ2v) is 5.79. The van der Waals surface area contributed by atoms with Crippen LogP contribution >= 0.6 is 23.2 Å². The Morgan fingerprint density at radius 3 is 2.95 bits per heavy atom. The van der Waals surface area contributed by atoms with Crippen molar-refractivity contribution in [1.29, 1.82) is 0 Å². The number of methoxy groups -OCH3 is 1. The second-order valence-electron chi connectivity index (χ2n) is 5.00. The average Bonchev–Trinajstić information content (AvgIpc) is 3.18. The fourth-order valence-electron chi connectivity index (χ4n) is 2.48. The van der Waals surface area contributed by atoms with Gasteiger partial charge < -0.3 is 9.64 Å². The van der Waals surface area contributed by atoms with Crippen molar-refractivity contribution in [3.8, 4) is 5.69 Å². The Bertz CT molecular complexity index is 704. The minimum Gasteiger partial charge on any atom is -0.380 e. The van der Waals surface area contributed by atoms with Crippen molar-refractivity contribution in [2.75, 3.05) is 20.2 Å². The smallest absolute Gasteiger partial charge is 0.274 e. The molecule has 1 saturated heterocycles. The predicted molar refractivity (Wildman–Crippen MR) is 82.7 cm³/mol. The van der Waals surface area contributed by atoms with Crippen LogP contribution in [0.2, 0.25) is 10.0 Å². The molecule has 1 atom stereocenters. The van der Waals surface area contributed by atoms with Crippen LogP contribution in [-0.2, 0) is 4.74 Å². The van der Waals surface area contributed by atoms with Gasteiger partial charge in [0.25, 0.3) is 5.91 Å². The van der Waals surface area contributed by atoms with E-state index in [9.17, 15) is 4.79 Å². The maximum atomic E-state index is 12.7. The van der Waals surface area contributed by atoms with E-state index in [-0.39, 0.29) is 12.0 Å². The molecule has 0 unspecified atom stereocenters. The van der Waals surface area contributed by atoms with Gasteiger partial charge in [0.1, 0.15) is 0 Å². The Morgan fingerprint density at radius 1 is 1.41 bits per heavy atom. The van der Waals surface area contributed by atoms with E-state index in [1.807, 2.05) is 0 Å². The van der Waals surface area contributed by atoms with Gasteiger partial charge in [0.2, 0.25) is 0 Å². The molecule has 0 radical (unpaired) electrons. The number of aromatic nitrogens is 3. The summed E-state index contributed by atoms with van der Waals surface area (Å²) >= 11 is 12.2.